The lowest BCUT2D eigenvalue weighted by atomic mass is 10.1. The molecule has 1 aromatic heterocycles. The van der Waals surface area contributed by atoms with Gasteiger partial charge in [-0.1, -0.05) is 18.2 Å². The second kappa shape index (κ2) is 7.24. The van der Waals surface area contributed by atoms with E-state index in [4.69, 9.17) is 4.74 Å². The number of ether oxygens (including phenoxy) is 1. The Bertz CT molecular complexity index is 1160. The van der Waals surface area contributed by atoms with Crippen LogP contribution in [-0.4, -0.2) is 27.1 Å². The van der Waals surface area contributed by atoms with E-state index in [0.717, 1.165) is 0 Å². The highest BCUT2D eigenvalue weighted by Gasteiger charge is 2.16. The Morgan fingerprint density at radius 1 is 1.22 bits per heavy atom. The highest BCUT2D eigenvalue weighted by molar-refractivity contribution is 5.91. The van der Waals surface area contributed by atoms with Crippen LogP contribution >= 0.6 is 0 Å². The van der Waals surface area contributed by atoms with E-state index in [9.17, 15) is 24.5 Å². The lowest BCUT2D eigenvalue weighted by Gasteiger charge is -2.12. The van der Waals surface area contributed by atoms with Crippen LogP contribution < -0.4 is 11.1 Å². The quantitative estimate of drug-likeness (QED) is 0.317. The zero-order valence-corrected chi connectivity index (χ0v) is 14.3. The van der Waals surface area contributed by atoms with Crippen molar-refractivity contribution in [2.45, 2.75) is 13.5 Å². The zero-order valence-electron chi connectivity index (χ0n) is 14.3. The van der Waals surface area contributed by atoms with Gasteiger partial charge in [0, 0.05) is 12.1 Å². The van der Waals surface area contributed by atoms with E-state index in [0.29, 0.717) is 11.1 Å². The van der Waals surface area contributed by atoms with Crippen LogP contribution in [0.5, 0.6) is 0 Å². The molecule has 0 bridgehead atoms. The van der Waals surface area contributed by atoms with E-state index in [1.165, 1.54) is 22.8 Å². The number of nitro groups is 1. The summed E-state index contributed by atoms with van der Waals surface area (Å²) in [6.45, 7) is 1.82. The van der Waals surface area contributed by atoms with Crippen LogP contribution in [0.4, 0.5) is 5.69 Å². The number of hydrogen-bond acceptors (Lipinski definition) is 6. The average Bonchev–Trinajstić information content (AvgIpc) is 2.65. The van der Waals surface area contributed by atoms with E-state index in [1.54, 1.807) is 31.2 Å². The summed E-state index contributed by atoms with van der Waals surface area (Å²) >= 11 is 0. The lowest BCUT2D eigenvalue weighted by Crippen LogP contribution is -2.36. The number of aromatic amines is 1. The average molecular weight is 369 g/mol. The number of H-pyrrole nitrogens is 1. The predicted octanol–water partition coefficient (Wildman–Crippen LogP) is 1.82. The molecule has 0 aliphatic heterocycles. The third kappa shape index (κ3) is 3.47. The molecule has 9 nitrogen and oxygen atoms in total. The molecule has 2 aromatic carbocycles. The molecule has 0 radical (unpaired) electrons. The monoisotopic (exact) mass is 369 g/mol. The van der Waals surface area contributed by atoms with Crippen molar-refractivity contribution in [2.75, 3.05) is 6.61 Å². The van der Waals surface area contributed by atoms with Crippen LogP contribution in [0.25, 0.3) is 11.0 Å². The van der Waals surface area contributed by atoms with Gasteiger partial charge in [-0.25, -0.2) is 4.79 Å². The Balaban J connectivity index is 2.17. The van der Waals surface area contributed by atoms with Crippen molar-refractivity contribution in [3.8, 4) is 0 Å². The predicted molar refractivity (Wildman–Crippen MR) is 97.0 cm³/mol. The molecule has 0 unspecified atom stereocenters. The number of aromatic nitrogens is 2. The molecular weight excluding hydrogens is 354 g/mol. The summed E-state index contributed by atoms with van der Waals surface area (Å²) < 4.78 is 6.20. The van der Waals surface area contributed by atoms with E-state index in [2.05, 4.69) is 4.98 Å². The van der Waals surface area contributed by atoms with Crippen molar-refractivity contribution in [3.05, 3.63) is 84.4 Å². The Labute approximate surface area is 152 Å². The van der Waals surface area contributed by atoms with E-state index >= 15 is 0 Å². The maximum atomic E-state index is 12.4. The van der Waals surface area contributed by atoms with Gasteiger partial charge in [0.25, 0.3) is 5.69 Å². The minimum Gasteiger partial charge on any atom is -0.462 e. The molecule has 0 saturated heterocycles. The zero-order chi connectivity index (χ0) is 19.6. The number of nitro benzene ring substituents is 1. The first-order valence-corrected chi connectivity index (χ1v) is 8.08. The van der Waals surface area contributed by atoms with Crippen molar-refractivity contribution < 1.29 is 14.5 Å². The molecule has 1 N–H and O–H groups in total. The van der Waals surface area contributed by atoms with Crippen molar-refractivity contribution in [2.24, 2.45) is 0 Å². The second-order valence-electron chi connectivity index (χ2n) is 5.68. The van der Waals surface area contributed by atoms with Gasteiger partial charge in [0.1, 0.15) is 0 Å². The molecule has 0 saturated carbocycles. The number of carbonyl (C=O) groups excluding carboxylic acids is 1. The number of benzene rings is 2. The first kappa shape index (κ1) is 18.1. The molecule has 0 amide bonds. The second-order valence-corrected chi connectivity index (χ2v) is 5.68. The number of nitrogens with zero attached hydrogens (tertiary/aromatic N) is 2. The Hall–Kier alpha value is -3.75. The summed E-state index contributed by atoms with van der Waals surface area (Å²) in [7, 11) is 0. The summed E-state index contributed by atoms with van der Waals surface area (Å²) in [4.78, 5) is 49.2. The van der Waals surface area contributed by atoms with Gasteiger partial charge in [-0.3, -0.25) is 24.3 Å². The summed E-state index contributed by atoms with van der Waals surface area (Å²) in [6.07, 6.45) is 0. The molecule has 9 heteroatoms. The van der Waals surface area contributed by atoms with Crippen LogP contribution in [0.1, 0.15) is 22.8 Å². The van der Waals surface area contributed by atoms with Crippen LogP contribution in [0.3, 0.4) is 0 Å². The minimum atomic E-state index is -0.906. The number of carbonyl (C=O) groups is 1. The molecule has 0 atom stereocenters. The molecule has 0 spiro atoms. The largest absolute Gasteiger partial charge is 0.462 e. The van der Waals surface area contributed by atoms with Crippen molar-refractivity contribution >= 4 is 22.7 Å². The maximum absolute atomic E-state index is 12.4. The van der Waals surface area contributed by atoms with Gasteiger partial charge in [0.15, 0.2) is 0 Å². The topological polar surface area (TPSA) is 124 Å². The Kier molecular flexibility index (Phi) is 4.84. The van der Waals surface area contributed by atoms with Gasteiger partial charge in [0.2, 0.25) is 0 Å². The maximum Gasteiger partial charge on any atom is 0.338 e. The van der Waals surface area contributed by atoms with Crippen molar-refractivity contribution in [1.82, 2.24) is 9.55 Å². The van der Waals surface area contributed by atoms with Crippen LogP contribution in [-0.2, 0) is 11.3 Å². The molecule has 3 aromatic rings. The summed E-state index contributed by atoms with van der Waals surface area (Å²) in [5, 5.41) is 10.9. The van der Waals surface area contributed by atoms with Crippen LogP contribution in [0.15, 0.2) is 52.1 Å². The Morgan fingerprint density at radius 3 is 2.67 bits per heavy atom. The standard InChI is InChI=1S/C18H15N3O6/c1-2-27-18(24)13-6-4-3-5-11(13)10-20-15-8-7-12(21(25)26)9-14(15)19-16(22)17(20)23/h3-9H,2,10H2,1H3,(H,19,22). The smallest absolute Gasteiger partial charge is 0.338 e. The minimum absolute atomic E-state index is 0.0634. The first-order valence-electron chi connectivity index (χ1n) is 8.08. The van der Waals surface area contributed by atoms with Crippen molar-refractivity contribution in [3.63, 3.8) is 0 Å². The SMILES string of the molecule is CCOC(=O)c1ccccc1Cn1c(=O)c(=O)[nH]c2cc([N+](=O)[O-])ccc21. The highest BCUT2D eigenvalue weighted by atomic mass is 16.6. The van der Waals surface area contributed by atoms with E-state index in [1.807, 2.05) is 0 Å². The number of fused-ring (bicyclic) bond motifs is 1. The number of hydrogen-bond donors (Lipinski definition) is 1. The van der Waals surface area contributed by atoms with Gasteiger partial charge >= 0.3 is 17.1 Å². The molecule has 0 fully saturated rings. The van der Waals surface area contributed by atoms with Gasteiger partial charge in [-0.05, 0) is 24.6 Å². The van der Waals surface area contributed by atoms with Crippen LogP contribution in [0.2, 0.25) is 0 Å². The van der Waals surface area contributed by atoms with E-state index in [-0.39, 0.29) is 29.9 Å². The summed E-state index contributed by atoms with van der Waals surface area (Å²) in [5.74, 6) is -0.536. The third-order valence-electron chi connectivity index (χ3n) is 4.01. The third-order valence-corrected chi connectivity index (χ3v) is 4.01. The molecule has 1 heterocycles. The Morgan fingerprint density at radius 2 is 1.96 bits per heavy atom. The fourth-order valence-corrected chi connectivity index (χ4v) is 2.77. The number of rotatable bonds is 5. The number of nitrogens with one attached hydrogen (secondary N) is 1. The first-order chi connectivity index (χ1) is 12.9. The van der Waals surface area contributed by atoms with Gasteiger partial charge in [-0.15, -0.1) is 0 Å². The molecule has 27 heavy (non-hydrogen) atoms. The number of non-ortho nitro benzene ring substituents is 1. The molecule has 0 aliphatic rings. The molecular formula is C18H15N3O6. The summed E-state index contributed by atoms with van der Waals surface area (Å²) in [6, 6.07) is 10.4. The number of esters is 1. The fourth-order valence-electron chi connectivity index (χ4n) is 2.77. The van der Waals surface area contributed by atoms with Crippen molar-refractivity contribution in [1.29, 1.82) is 0 Å². The molecule has 138 valence electrons. The fraction of sp³-hybridized carbons (Fsp3) is 0.167. The molecule has 0 aliphatic carbocycles. The molecule has 3 rings (SSSR count). The highest BCUT2D eigenvalue weighted by Crippen LogP contribution is 2.19. The van der Waals surface area contributed by atoms with Crippen LogP contribution in [0, 0.1) is 10.1 Å². The van der Waals surface area contributed by atoms with E-state index < -0.39 is 22.0 Å². The van der Waals surface area contributed by atoms with Gasteiger partial charge in [-0.2, -0.15) is 0 Å². The lowest BCUT2D eigenvalue weighted by molar-refractivity contribution is -0.384. The summed E-state index contributed by atoms with van der Waals surface area (Å²) in [5.41, 5.74) is -0.710. The van der Waals surface area contributed by atoms with Gasteiger partial charge < -0.3 is 9.72 Å². The van der Waals surface area contributed by atoms with Gasteiger partial charge in [0.05, 0.1) is 34.7 Å². The normalized spacial score (nSPS) is 10.7.